The highest BCUT2D eigenvalue weighted by molar-refractivity contribution is 7.91. The Morgan fingerprint density at radius 2 is 2.10 bits per heavy atom. The normalized spacial score (nSPS) is 17.9. The lowest BCUT2D eigenvalue weighted by molar-refractivity contribution is -0.122. The van der Waals surface area contributed by atoms with E-state index in [1.54, 1.807) is 0 Å². The molecule has 0 unspecified atom stereocenters. The number of aromatic nitrogens is 2. The summed E-state index contributed by atoms with van der Waals surface area (Å²) in [7, 11) is -3.04. The number of likely N-dealkylation sites (N-methyl/N-ethyl adjacent to an activating group) is 1. The monoisotopic (exact) mass is 460 g/mol. The van der Waals surface area contributed by atoms with Crippen LogP contribution in [0.25, 0.3) is 20.7 Å². The molecule has 10 heteroatoms. The van der Waals surface area contributed by atoms with Crippen LogP contribution in [-0.2, 0) is 21.2 Å². The van der Waals surface area contributed by atoms with Gasteiger partial charge in [0.2, 0.25) is 5.91 Å². The van der Waals surface area contributed by atoms with E-state index in [4.69, 9.17) is 0 Å². The van der Waals surface area contributed by atoms with E-state index in [9.17, 15) is 18.0 Å². The number of sulfone groups is 1. The zero-order valence-electron chi connectivity index (χ0n) is 17.1. The molecule has 1 aliphatic heterocycles. The number of H-pyrrole nitrogens is 1. The topological polar surface area (TPSA) is 112 Å². The first-order valence-electron chi connectivity index (χ1n) is 10.1. The summed E-state index contributed by atoms with van der Waals surface area (Å²) in [5.41, 5.74) is 0.835. The van der Waals surface area contributed by atoms with Crippen LogP contribution in [0.5, 0.6) is 0 Å². The van der Waals surface area contributed by atoms with Crippen LogP contribution in [0, 0.1) is 0 Å². The van der Waals surface area contributed by atoms with Crippen LogP contribution < -0.4 is 10.9 Å². The maximum Gasteiger partial charge on any atom is 0.259 e. The zero-order chi connectivity index (χ0) is 22.0. The first kappa shape index (κ1) is 21.7. The number of carbonyl (C=O) groups excluding carboxylic acids is 1. The fourth-order valence-corrected chi connectivity index (χ4v) is 6.40. The Balaban J connectivity index is 1.46. The third kappa shape index (κ3) is 5.20. The molecule has 0 radical (unpaired) electrons. The first-order valence-corrected chi connectivity index (χ1v) is 12.8. The summed E-state index contributed by atoms with van der Waals surface area (Å²) in [4.78, 5) is 35.9. The van der Waals surface area contributed by atoms with Gasteiger partial charge in [0.05, 0.1) is 30.0 Å². The molecular formula is C21H24N4O4S2. The molecule has 3 heterocycles. The van der Waals surface area contributed by atoms with Crippen molar-refractivity contribution in [3.05, 3.63) is 52.6 Å². The van der Waals surface area contributed by atoms with Crippen molar-refractivity contribution in [3.63, 3.8) is 0 Å². The second-order valence-corrected chi connectivity index (χ2v) is 10.9. The van der Waals surface area contributed by atoms with Crippen LogP contribution in [0.2, 0.25) is 0 Å². The van der Waals surface area contributed by atoms with Gasteiger partial charge in [-0.15, -0.1) is 11.3 Å². The van der Waals surface area contributed by atoms with Crippen LogP contribution in [0.4, 0.5) is 0 Å². The Bertz CT molecular complexity index is 1250. The van der Waals surface area contributed by atoms with Gasteiger partial charge >= 0.3 is 0 Å². The summed E-state index contributed by atoms with van der Waals surface area (Å²) in [6, 6.07) is 11.4. The highest BCUT2D eigenvalue weighted by Gasteiger charge is 2.29. The fourth-order valence-electron chi connectivity index (χ4n) is 3.67. The molecule has 0 bridgehead atoms. The molecule has 164 valence electrons. The van der Waals surface area contributed by atoms with Gasteiger partial charge in [0, 0.05) is 10.9 Å². The number of benzene rings is 1. The Hall–Kier alpha value is -2.56. The van der Waals surface area contributed by atoms with E-state index < -0.39 is 9.84 Å². The SMILES string of the molecule is CCN(CC(=O)N[C@H]1CCS(=O)(=O)C1)Cc1nc2sc(-c3ccccc3)cc2c(=O)[nH]1. The Kier molecular flexibility index (Phi) is 6.22. The molecule has 1 amide bonds. The molecule has 1 saturated heterocycles. The van der Waals surface area contributed by atoms with E-state index in [-0.39, 0.29) is 35.6 Å². The maximum atomic E-state index is 12.6. The molecule has 31 heavy (non-hydrogen) atoms. The fraction of sp³-hybridized carbons (Fsp3) is 0.381. The highest BCUT2D eigenvalue weighted by Crippen LogP contribution is 2.30. The predicted octanol–water partition coefficient (Wildman–Crippen LogP) is 1.78. The summed E-state index contributed by atoms with van der Waals surface area (Å²) in [5.74, 6) is 0.386. The van der Waals surface area contributed by atoms with Crippen molar-refractivity contribution in [2.24, 2.45) is 0 Å². The van der Waals surface area contributed by atoms with E-state index >= 15 is 0 Å². The van der Waals surface area contributed by atoms with Crippen LogP contribution in [0.3, 0.4) is 0 Å². The van der Waals surface area contributed by atoms with Gasteiger partial charge in [-0.2, -0.15) is 0 Å². The molecule has 1 aromatic carbocycles. The highest BCUT2D eigenvalue weighted by atomic mass is 32.2. The van der Waals surface area contributed by atoms with E-state index in [1.165, 1.54) is 11.3 Å². The van der Waals surface area contributed by atoms with Crippen molar-refractivity contribution in [3.8, 4) is 10.4 Å². The Morgan fingerprint density at radius 1 is 1.32 bits per heavy atom. The number of nitrogens with zero attached hydrogens (tertiary/aromatic N) is 2. The van der Waals surface area contributed by atoms with Gasteiger partial charge in [0.15, 0.2) is 9.84 Å². The van der Waals surface area contributed by atoms with Crippen molar-refractivity contribution >= 4 is 37.3 Å². The van der Waals surface area contributed by atoms with Gasteiger partial charge < -0.3 is 10.3 Å². The van der Waals surface area contributed by atoms with Gasteiger partial charge in [0.25, 0.3) is 5.56 Å². The number of nitrogens with one attached hydrogen (secondary N) is 2. The molecule has 0 aliphatic carbocycles. The summed E-state index contributed by atoms with van der Waals surface area (Å²) in [5, 5.41) is 3.35. The minimum absolute atomic E-state index is 0.00146. The Morgan fingerprint density at radius 3 is 2.77 bits per heavy atom. The molecule has 0 spiro atoms. The number of rotatable bonds is 7. The number of fused-ring (bicyclic) bond motifs is 1. The standard InChI is InChI=1S/C21H24N4O4S2/c1-2-25(12-19(26)22-15-8-9-31(28,29)13-15)11-18-23-20(27)16-10-17(30-21(16)24-18)14-6-4-3-5-7-14/h3-7,10,15H,2,8-9,11-13H2,1H3,(H,22,26)(H,23,24,27)/t15-/m0/s1. The summed E-state index contributed by atoms with van der Waals surface area (Å²) >= 11 is 1.46. The van der Waals surface area contributed by atoms with Gasteiger partial charge in [-0.05, 0) is 24.6 Å². The smallest absolute Gasteiger partial charge is 0.259 e. The Labute approximate surface area is 184 Å². The third-order valence-corrected chi connectivity index (χ3v) is 8.14. The molecule has 1 fully saturated rings. The van der Waals surface area contributed by atoms with Gasteiger partial charge in [-0.25, -0.2) is 13.4 Å². The minimum atomic E-state index is -3.04. The minimum Gasteiger partial charge on any atom is -0.351 e. The van der Waals surface area contributed by atoms with E-state index in [0.29, 0.717) is 35.6 Å². The van der Waals surface area contributed by atoms with E-state index in [1.807, 2.05) is 48.2 Å². The molecule has 1 atom stereocenters. The number of hydrogen-bond acceptors (Lipinski definition) is 7. The lowest BCUT2D eigenvalue weighted by Crippen LogP contribution is -2.42. The largest absolute Gasteiger partial charge is 0.351 e. The van der Waals surface area contributed by atoms with Crippen molar-refractivity contribution in [2.45, 2.75) is 25.9 Å². The molecule has 4 rings (SSSR count). The van der Waals surface area contributed by atoms with E-state index in [2.05, 4.69) is 15.3 Å². The third-order valence-electron chi connectivity index (χ3n) is 5.30. The second-order valence-electron chi connectivity index (χ2n) is 7.68. The average Bonchev–Trinajstić information content (AvgIpc) is 3.31. The van der Waals surface area contributed by atoms with Crippen LogP contribution in [0.15, 0.2) is 41.2 Å². The lowest BCUT2D eigenvalue weighted by atomic mass is 10.2. The molecule has 3 aromatic rings. The zero-order valence-corrected chi connectivity index (χ0v) is 18.8. The number of amides is 1. The maximum absolute atomic E-state index is 12.6. The lowest BCUT2D eigenvalue weighted by Gasteiger charge is -2.20. The van der Waals surface area contributed by atoms with Crippen LogP contribution in [0.1, 0.15) is 19.2 Å². The van der Waals surface area contributed by atoms with Gasteiger partial charge in [-0.3, -0.25) is 14.5 Å². The van der Waals surface area contributed by atoms with Crippen molar-refractivity contribution in [1.82, 2.24) is 20.2 Å². The molecule has 2 N–H and O–H groups in total. The summed E-state index contributed by atoms with van der Waals surface area (Å²) in [6.07, 6.45) is 0.452. The van der Waals surface area contributed by atoms with E-state index in [0.717, 1.165) is 10.4 Å². The van der Waals surface area contributed by atoms with Crippen molar-refractivity contribution in [1.29, 1.82) is 0 Å². The van der Waals surface area contributed by atoms with Gasteiger partial charge in [0.1, 0.15) is 10.7 Å². The molecule has 0 saturated carbocycles. The molecular weight excluding hydrogens is 436 g/mol. The molecule has 1 aliphatic rings. The van der Waals surface area contributed by atoms with Crippen LogP contribution >= 0.6 is 11.3 Å². The predicted molar refractivity (Wildman–Crippen MR) is 122 cm³/mol. The second kappa shape index (κ2) is 8.89. The number of thiophene rings is 1. The number of hydrogen-bond donors (Lipinski definition) is 2. The quantitative estimate of drug-likeness (QED) is 0.556. The number of aromatic amines is 1. The summed E-state index contributed by atoms with van der Waals surface area (Å²) < 4.78 is 23.1. The molecule has 8 nitrogen and oxygen atoms in total. The summed E-state index contributed by atoms with van der Waals surface area (Å²) in [6.45, 7) is 2.92. The van der Waals surface area contributed by atoms with Crippen molar-refractivity contribution in [2.75, 3.05) is 24.6 Å². The number of carbonyl (C=O) groups is 1. The first-order chi connectivity index (χ1) is 14.8. The average molecular weight is 461 g/mol. The van der Waals surface area contributed by atoms with Gasteiger partial charge in [-0.1, -0.05) is 37.3 Å². The molecule has 2 aromatic heterocycles. The van der Waals surface area contributed by atoms with Crippen LogP contribution in [-0.4, -0.2) is 59.8 Å². The van der Waals surface area contributed by atoms with Crippen molar-refractivity contribution < 1.29 is 13.2 Å².